The standard InChI is InChI=1S/C19H14ClF2NO2S/c1-11-6-13(20)2-5-17(11)25-9-12-7-18(26-10-12)19(24)23-16-4-3-14(21)8-15(16)22/h2-8,10H,9H2,1H3,(H,23,24). The van der Waals surface area contributed by atoms with Crippen LogP contribution in [0.2, 0.25) is 5.02 Å². The maximum absolute atomic E-state index is 13.6. The molecule has 1 N–H and O–H groups in total. The van der Waals surface area contributed by atoms with Crippen LogP contribution in [0.25, 0.3) is 0 Å². The Hall–Kier alpha value is -2.44. The van der Waals surface area contributed by atoms with E-state index in [1.165, 1.54) is 17.4 Å². The number of anilines is 1. The smallest absolute Gasteiger partial charge is 0.265 e. The number of carbonyl (C=O) groups excluding carboxylic acids is 1. The van der Waals surface area contributed by atoms with E-state index in [4.69, 9.17) is 16.3 Å². The topological polar surface area (TPSA) is 38.3 Å². The fourth-order valence-electron chi connectivity index (χ4n) is 2.28. The minimum Gasteiger partial charge on any atom is -0.489 e. The summed E-state index contributed by atoms with van der Waals surface area (Å²) in [7, 11) is 0. The van der Waals surface area contributed by atoms with E-state index in [9.17, 15) is 13.6 Å². The molecular formula is C19H14ClF2NO2S. The Balaban J connectivity index is 1.64. The second-order valence-corrected chi connectivity index (χ2v) is 6.94. The summed E-state index contributed by atoms with van der Waals surface area (Å²) >= 11 is 7.13. The highest BCUT2D eigenvalue weighted by atomic mass is 35.5. The number of ether oxygens (including phenoxy) is 1. The molecule has 0 aliphatic heterocycles. The highest BCUT2D eigenvalue weighted by molar-refractivity contribution is 7.12. The number of carbonyl (C=O) groups is 1. The quantitative estimate of drug-likeness (QED) is 0.593. The third-order valence-electron chi connectivity index (χ3n) is 3.59. The zero-order valence-corrected chi connectivity index (χ0v) is 15.3. The molecule has 0 saturated carbocycles. The molecule has 1 heterocycles. The molecule has 0 aliphatic rings. The van der Waals surface area contributed by atoms with Crippen LogP contribution in [-0.2, 0) is 6.61 Å². The molecule has 3 rings (SSSR count). The summed E-state index contributed by atoms with van der Waals surface area (Å²) in [5.74, 6) is -1.28. The summed E-state index contributed by atoms with van der Waals surface area (Å²) < 4.78 is 32.3. The van der Waals surface area contributed by atoms with Crippen molar-refractivity contribution in [3.8, 4) is 5.75 Å². The molecule has 134 valence electrons. The van der Waals surface area contributed by atoms with Gasteiger partial charge >= 0.3 is 0 Å². The van der Waals surface area contributed by atoms with E-state index in [0.29, 0.717) is 15.6 Å². The first-order chi connectivity index (χ1) is 12.4. The molecule has 2 aromatic carbocycles. The summed E-state index contributed by atoms with van der Waals surface area (Å²) in [6.07, 6.45) is 0. The van der Waals surface area contributed by atoms with E-state index in [0.717, 1.165) is 23.3 Å². The van der Waals surface area contributed by atoms with Crippen molar-refractivity contribution in [2.45, 2.75) is 13.5 Å². The average molecular weight is 394 g/mol. The van der Waals surface area contributed by atoms with Crippen LogP contribution in [-0.4, -0.2) is 5.91 Å². The van der Waals surface area contributed by atoms with Gasteiger partial charge in [0.25, 0.3) is 5.91 Å². The second kappa shape index (κ2) is 7.85. The molecule has 0 spiro atoms. The van der Waals surface area contributed by atoms with Crippen molar-refractivity contribution in [2.24, 2.45) is 0 Å². The lowest BCUT2D eigenvalue weighted by Gasteiger charge is -2.08. The van der Waals surface area contributed by atoms with E-state index in [1.54, 1.807) is 29.6 Å². The molecule has 26 heavy (non-hydrogen) atoms. The number of thiophene rings is 1. The van der Waals surface area contributed by atoms with Crippen LogP contribution in [0.5, 0.6) is 5.75 Å². The minimum absolute atomic E-state index is 0.0700. The summed E-state index contributed by atoms with van der Waals surface area (Å²) in [5, 5.41) is 4.86. The molecule has 0 saturated heterocycles. The van der Waals surface area contributed by atoms with Gasteiger partial charge in [-0.05, 0) is 54.3 Å². The Morgan fingerprint density at radius 1 is 1.19 bits per heavy atom. The van der Waals surface area contributed by atoms with E-state index < -0.39 is 17.5 Å². The summed E-state index contributed by atoms with van der Waals surface area (Å²) in [6.45, 7) is 2.18. The van der Waals surface area contributed by atoms with Gasteiger partial charge in [0.15, 0.2) is 0 Å². The largest absolute Gasteiger partial charge is 0.489 e. The Bertz CT molecular complexity index is 958. The molecule has 0 fully saturated rings. The number of aryl methyl sites for hydroxylation is 1. The molecule has 7 heteroatoms. The van der Waals surface area contributed by atoms with E-state index >= 15 is 0 Å². The normalized spacial score (nSPS) is 10.6. The van der Waals surface area contributed by atoms with Gasteiger partial charge in [-0.2, -0.15) is 0 Å². The molecule has 0 unspecified atom stereocenters. The number of nitrogens with one attached hydrogen (secondary N) is 1. The summed E-state index contributed by atoms with van der Waals surface area (Å²) in [4.78, 5) is 12.6. The van der Waals surface area contributed by atoms with Crippen molar-refractivity contribution in [1.29, 1.82) is 0 Å². The highest BCUT2D eigenvalue weighted by Crippen LogP contribution is 2.24. The third kappa shape index (κ3) is 4.39. The number of benzene rings is 2. The lowest BCUT2D eigenvalue weighted by Crippen LogP contribution is -2.11. The van der Waals surface area contributed by atoms with Crippen LogP contribution in [0.15, 0.2) is 47.8 Å². The fourth-order valence-corrected chi connectivity index (χ4v) is 3.30. The van der Waals surface area contributed by atoms with Gasteiger partial charge in [-0.25, -0.2) is 8.78 Å². The van der Waals surface area contributed by atoms with Crippen molar-refractivity contribution in [1.82, 2.24) is 0 Å². The van der Waals surface area contributed by atoms with Gasteiger partial charge in [-0.1, -0.05) is 11.6 Å². The SMILES string of the molecule is Cc1cc(Cl)ccc1OCc1csc(C(=O)Nc2ccc(F)cc2F)c1. The maximum atomic E-state index is 13.6. The average Bonchev–Trinajstić information content (AvgIpc) is 3.06. The van der Waals surface area contributed by atoms with Gasteiger partial charge in [-0.3, -0.25) is 4.79 Å². The first-order valence-electron chi connectivity index (χ1n) is 7.65. The Labute approximate surface area is 158 Å². The minimum atomic E-state index is -0.823. The predicted molar refractivity (Wildman–Crippen MR) is 99.2 cm³/mol. The fraction of sp³-hybridized carbons (Fsp3) is 0.105. The van der Waals surface area contributed by atoms with Crippen LogP contribution in [0.3, 0.4) is 0 Å². The van der Waals surface area contributed by atoms with Crippen LogP contribution < -0.4 is 10.1 Å². The van der Waals surface area contributed by atoms with Crippen molar-refractivity contribution in [3.05, 3.63) is 80.5 Å². The summed E-state index contributed by atoms with van der Waals surface area (Å²) in [5.41, 5.74) is 1.66. The zero-order valence-electron chi connectivity index (χ0n) is 13.7. The lowest BCUT2D eigenvalue weighted by atomic mass is 10.2. The molecule has 1 aromatic heterocycles. The molecule has 0 atom stereocenters. The van der Waals surface area contributed by atoms with E-state index in [-0.39, 0.29) is 12.3 Å². The molecule has 0 bridgehead atoms. The Morgan fingerprint density at radius 2 is 2.00 bits per heavy atom. The molecule has 3 nitrogen and oxygen atoms in total. The Kier molecular flexibility index (Phi) is 5.54. The monoisotopic (exact) mass is 393 g/mol. The first kappa shape index (κ1) is 18.4. The number of hydrogen-bond donors (Lipinski definition) is 1. The summed E-state index contributed by atoms with van der Waals surface area (Å²) in [6, 6.07) is 10.00. The lowest BCUT2D eigenvalue weighted by molar-refractivity contribution is 0.103. The van der Waals surface area contributed by atoms with Crippen molar-refractivity contribution in [2.75, 3.05) is 5.32 Å². The number of hydrogen-bond acceptors (Lipinski definition) is 3. The van der Waals surface area contributed by atoms with Gasteiger partial charge < -0.3 is 10.1 Å². The van der Waals surface area contributed by atoms with Crippen LogP contribution in [0.1, 0.15) is 20.8 Å². The highest BCUT2D eigenvalue weighted by Gasteiger charge is 2.13. The van der Waals surface area contributed by atoms with Crippen molar-refractivity contribution >= 4 is 34.5 Å². The van der Waals surface area contributed by atoms with E-state index in [2.05, 4.69) is 5.32 Å². The molecule has 0 aliphatic carbocycles. The van der Waals surface area contributed by atoms with Gasteiger partial charge in [0.05, 0.1) is 10.6 Å². The molecule has 1 amide bonds. The van der Waals surface area contributed by atoms with E-state index in [1.807, 2.05) is 6.92 Å². The number of amides is 1. The van der Waals surface area contributed by atoms with Crippen molar-refractivity contribution < 1.29 is 18.3 Å². The van der Waals surface area contributed by atoms with Gasteiger partial charge in [0, 0.05) is 16.7 Å². The zero-order chi connectivity index (χ0) is 18.7. The molecular weight excluding hydrogens is 380 g/mol. The first-order valence-corrected chi connectivity index (χ1v) is 8.91. The van der Waals surface area contributed by atoms with Crippen molar-refractivity contribution in [3.63, 3.8) is 0 Å². The number of halogens is 3. The predicted octanol–water partition coefficient (Wildman–Crippen LogP) is 5.82. The molecule has 0 radical (unpaired) electrons. The van der Waals surface area contributed by atoms with Gasteiger partial charge in [0.2, 0.25) is 0 Å². The van der Waals surface area contributed by atoms with Crippen LogP contribution in [0, 0.1) is 18.6 Å². The maximum Gasteiger partial charge on any atom is 0.265 e. The second-order valence-electron chi connectivity index (χ2n) is 5.60. The Morgan fingerprint density at radius 3 is 2.73 bits per heavy atom. The van der Waals surface area contributed by atoms with Gasteiger partial charge in [0.1, 0.15) is 24.0 Å². The van der Waals surface area contributed by atoms with Crippen LogP contribution in [0.4, 0.5) is 14.5 Å². The van der Waals surface area contributed by atoms with Crippen LogP contribution >= 0.6 is 22.9 Å². The number of rotatable bonds is 5. The van der Waals surface area contributed by atoms with Gasteiger partial charge in [-0.15, -0.1) is 11.3 Å². The third-order valence-corrected chi connectivity index (χ3v) is 4.80. The molecule has 3 aromatic rings.